The minimum atomic E-state index is -0.563. The van der Waals surface area contributed by atoms with Crippen molar-refractivity contribution >= 4 is 24.2 Å². The van der Waals surface area contributed by atoms with Gasteiger partial charge in [-0.15, -0.1) is 12.4 Å². The number of methoxy groups -OCH3 is 1. The molecule has 0 aliphatic heterocycles. The molecule has 0 aromatic heterocycles. The smallest absolute Gasteiger partial charge is 0.246 e. The van der Waals surface area contributed by atoms with E-state index >= 15 is 0 Å². The van der Waals surface area contributed by atoms with Crippen LogP contribution in [0, 0.1) is 5.92 Å². The van der Waals surface area contributed by atoms with Crippen LogP contribution < -0.4 is 16.4 Å². The fourth-order valence-corrected chi connectivity index (χ4v) is 1.27. The lowest BCUT2D eigenvalue weighted by Gasteiger charge is -2.23. The molecule has 0 radical (unpaired) electrons. The molecule has 108 valence electrons. The number of nitrogens with one attached hydrogen (secondary N) is 2. The highest BCUT2D eigenvalue weighted by Crippen LogP contribution is 2.02. The maximum Gasteiger partial charge on any atom is 0.246 e. The molecular weight excluding hydrogens is 258 g/mol. The van der Waals surface area contributed by atoms with Crippen molar-refractivity contribution in [3.05, 3.63) is 0 Å². The standard InChI is InChI=1S/C11H23N3O3.ClH/c1-7(2)10(14-9(15)6-17-4)11(16)13-8(3)5-12;/h7-8,10H,5-6,12H2,1-4H3,(H,13,16)(H,14,15);1H/t8-,10-;/m0./s1. The van der Waals surface area contributed by atoms with Crippen LogP contribution in [0.4, 0.5) is 0 Å². The van der Waals surface area contributed by atoms with Crippen LogP contribution in [0.15, 0.2) is 0 Å². The molecule has 0 aromatic rings. The third-order valence-corrected chi connectivity index (χ3v) is 2.28. The first-order valence-corrected chi connectivity index (χ1v) is 5.71. The van der Waals surface area contributed by atoms with Crippen LogP contribution in [-0.4, -0.2) is 44.2 Å². The van der Waals surface area contributed by atoms with Gasteiger partial charge < -0.3 is 21.1 Å². The maximum atomic E-state index is 11.9. The summed E-state index contributed by atoms with van der Waals surface area (Å²) in [6.07, 6.45) is 0. The molecule has 0 aromatic carbocycles. The van der Waals surface area contributed by atoms with Crippen molar-refractivity contribution in [2.24, 2.45) is 11.7 Å². The largest absolute Gasteiger partial charge is 0.375 e. The molecule has 0 rings (SSSR count). The van der Waals surface area contributed by atoms with Crippen molar-refractivity contribution < 1.29 is 14.3 Å². The van der Waals surface area contributed by atoms with Gasteiger partial charge in [0.1, 0.15) is 12.6 Å². The average Bonchev–Trinajstić information content (AvgIpc) is 2.25. The summed E-state index contributed by atoms with van der Waals surface area (Å²) in [5.74, 6) is -0.523. The highest BCUT2D eigenvalue weighted by atomic mass is 35.5. The van der Waals surface area contributed by atoms with E-state index in [1.165, 1.54) is 7.11 Å². The number of rotatable bonds is 7. The monoisotopic (exact) mass is 281 g/mol. The van der Waals surface area contributed by atoms with Crippen LogP contribution in [-0.2, 0) is 14.3 Å². The van der Waals surface area contributed by atoms with Gasteiger partial charge in [-0.3, -0.25) is 9.59 Å². The minimum Gasteiger partial charge on any atom is -0.375 e. The van der Waals surface area contributed by atoms with Gasteiger partial charge in [0.25, 0.3) is 0 Å². The third kappa shape index (κ3) is 7.47. The Kier molecular flexibility index (Phi) is 10.9. The van der Waals surface area contributed by atoms with Crippen LogP contribution in [0.3, 0.4) is 0 Å². The Bertz CT molecular complexity index is 262. The molecule has 6 nitrogen and oxygen atoms in total. The van der Waals surface area contributed by atoms with E-state index in [-0.39, 0.29) is 42.8 Å². The summed E-state index contributed by atoms with van der Waals surface area (Å²) in [4.78, 5) is 23.2. The highest BCUT2D eigenvalue weighted by molar-refractivity contribution is 5.88. The van der Waals surface area contributed by atoms with Crippen molar-refractivity contribution in [2.75, 3.05) is 20.3 Å². The van der Waals surface area contributed by atoms with Gasteiger partial charge in [-0.2, -0.15) is 0 Å². The van der Waals surface area contributed by atoms with E-state index in [2.05, 4.69) is 10.6 Å². The molecule has 7 heteroatoms. The van der Waals surface area contributed by atoms with E-state index in [1.54, 1.807) is 0 Å². The number of carbonyl (C=O) groups excluding carboxylic acids is 2. The molecule has 0 spiro atoms. The fraction of sp³-hybridized carbons (Fsp3) is 0.818. The van der Waals surface area contributed by atoms with Gasteiger partial charge in [0.15, 0.2) is 0 Å². The molecule has 0 saturated carbocycles. The molecule has 2 amide bonds. The van der Waals surface area contributed by atoms with Gasteiger partial charge in [0.2, 0.25) is 11.8 Å². The highest BCUT2D eigenvalue weighted by Gasteiger charge is 2.24. The third-order valence-electron chi connectivity index (χ3n) is 2.28. The molecule has 0 fully saturated rings. The van der Waals surface area contributed by atoms with Crippen LogP contribution in [0.5, 0.6) is 0 Å². The van der Waals surface area contributed by atoms with Gasteiger partial charge in [-0.1, -0.05) is 13.8 Å². The fourth-order valence-electron chi connectivity index (χ4n) is 1.27. The Labute approximate surface area is 114 Å². The molecule has 18 heavy (non-hydrogen) atoms. The quantitative estimate of drug-likeness (QED) is 0.595. The minimum absolute atomic E-state index is 0. The van der Waals surface area contributed by atoms with Gasteiger partial charge in [-0.25, -0.2) is 0 Å². The summed E-state index contributed by atoms with van der Waals surface area (Å²) in [6, 6.07) is -0.672. The van der Waals surface area contributed by atoms with Crippen LogP contribution in [0.2, 0.25) is 0 Å². The van der Waals surface area contributed by atoms with Crippen molar-refractivity contribution in [1.82, 2.24) is 10.6 Å². The zero-order valence-electron chi connectivity index (χ0n) is 11.4. The second-order valence-electron chi connectivity index (χ2n) is 4.37. The molecule has 4 N–H and O–H groups in total. The van der Waals surface area contributed by atoms with Crippen LogP contribution in [0.25, 0.3) is 0 Å². The van der Waals surface area contributed by atoms with Crippen LogP contribution in [0.1, 0.15) is 20.8 Å². The topological polar surface area (TPSA) is 93.4 Å². The summed E-state index contributed by atoms with van der Waals surface area (Å²) >= 11 is 0. The molecule has 2 atom stereocenters. The lowest BCUT2D eigenvalue weighted by atomic mass is 10.0. The average molecular weight is 282 g/mol. The zero-order valence-corrected chi connectivity index (χ0v) is 12.2. The van der Waals surface area contributed by atoms with Crippen molar-refractivity contribution in [2.45, 2.75) is 32.9 Å². The molecular formula is C11H24ClN3O3. The number of carbonyl (C=O) groups is 2. The predicted molar refractivity (Wildman–Crippen MR) is 72.6 cm³/mol. The Balaban J connectivity index is 0. The zero-order chi connectivity index (χ0) is 13.4. The van der Waals surface area contributed by atoms with Crippen molar-refractivity contribution in [3.63, 3.8) is 0 Å². The van der Waals surface area contributed by atoms with Crippen LogP contribution >= 0.6 is 12.4 Å². The molecule has 0 aliphatic rings. The van der Waals surface area contributed by atoms with E-state index in [0.717, 1.165) is 0 Å². The number of ether oxygens (including phenoxy) is 1. The first kappa shape index (κ1) is 19.5. The molecule has 0 bridgehead atoms. The molecule has 0 saturated heterocycles. The number of amides is 2. The lowest BCUT2D eigenvalue weighted by Crippen LogP contribution is -2.53. The summed E-state index contributed by atoms with van der Waals surface area (Å²) in [5, 5.41) is 5.37. The molecule has 0 aliphatic carbocycles. The van der Waals surface area contributed by atoms with Gasteiger partial charge in [0, 0.05) is 19.7 Å². The summed E-state index contributed by atoms with van der Waals surface area (Å²) < 4.78 is 4.70. The summed E-state index contributed by atoms with van der Waals surface area (Å²) in [6.45, 7) is 5.85. The molecule has 0 heterocycles. The summed E-state index contributed by atoms with van der Waals surface area (Å²) in [5.41, 5.74) is 5.42. The maximum absolute atomic E-state index is 11.9. The molecule has 0 unspecified atom stereocenters. The van der Waals surface area contributed by atoms with Crippen molar-refractivity contribution in [3.8, 4) is 0 Å². The van der Waals surface area contributed by atoms with Crippen molar-refractivity contribution in [1.29, 1.82) is 0 Å². The Morgan fingerprint density at radius 2 is 1.78 bits per heavy atom. The Morgan fingerprint density at radius 1 is 1.22 bits per heavy atom. The first-order chi connectivity index (χ1) is 7.92. The van der Waals surface area contributed by atoms with Gasteiger partial charge >= 0.3 is 0 Å². The number of hydrogen-bond donors (Lipinski definition) is 3. The number of halogens is 1. The number of nitrogens with two attached hydrogens (primary N) is 1. The van der Waals surface area contributed by atoms with Gasteiger partial charge in [0.05, 0.1) is 0 Å². The lowest BCUT2D eigenvalue weighted by molar-refractivity contribution is -0.132. The second-order valence-corrected chi connectivity index (χ2v) is 4.37. The van der Waals surface area contributed by atoms with E-state index in [9.17, 15) is 9.59 Å². The van der Waals surface area contributed by atoms with Gasteiger partial charge in [-0.05, 0) is 12.8 Å². The Hall–Kier alpha value is -0.850. The van der Waals surface area contributed by atoms with E-state index in [1.807, 2.05) is 20.8 Å². The Morgan fingerprint density at radius 3 is 2.17 bits per heavy atom. The normalized spacial score (nSPS) is 13.4. The van der Waals surface area contributed by atoms with E-state index < -0.39 is 6.04 Å². The number of hydrogen-bond acceptors (Lipinski definition) is 4. The SMILES string of the molecule is COCC(=O)N[C@H](C(=O)N[C@@H](C)CN)C(C)C.Cl. The van der Waals surface area contributed by atoms with E-state index in [4.69, 9.17) is 10.5 Å². The first-order valence-electron chi connectivity index (χ1n) is 5.71. The van der Waals surface area contributed by atoms with E-state index in [0.29, 0.717) is 6.54 Å². The summed E-state index contributed by atoms with van der Waals surface area (Å²) in [7, 11) is 1.43. The second kappa shape index (κ2) is 10.1. The predicted octanol–water partition coefficient (Wildman–Crippen LogP) is -0.341.